The number of benzene rings is 1. The molecule has 0 aliphatic carbocycles. The van der Waals surface area contributed by atoms with Crippen molar-refractivity contribution < 1.29 is 0 Å². The van der Waals surface area contributed by atoms with Crippen molar-refractivity contribution in [3.8, 4) is 0 Å². The number of anilines is 2. The Morgan fingerprint density at radius 1 is 1.33 bits per heavy atom. The van der Waals surface area contributed by atoms with Crippen LogP contribution in [0.25, 0.3) is 11.0 Å². The first kappa shape index (κ1) is 7.42. The van der Waals surface area contributed by atoms with Gasteiger partial charge in [0.15, 0.2) is 5.95 Å². The van der Waals surface area contributed by atoms with Crippen molar-refractivity contribution in [1.29, 1.82) is 0 Å². The van der Waals surface area contributed by atoms with Crippen molar-refractivity contribution in [3.63, 3.8) is 0 Å². The number of imidazole rings is 1. The van der Waals surface area contributed by atoms with Crippen molar-refractivity contribution in [2.24, 2.45) is 0 Å². The van der Waals surface area contributed by atoms with Crippen LogP contribution in [-0.4, -0.2) is 9.97 Å². The lowest BCUT2D eigenvalue weighted by Crippen LogP contribution is -1.84. The maximum atomic E-state index is 5.62. The number of fused-ring (bicyclic) bond motifs is 1. The van der Waals surface area contributed by atoms with Crippen LogP contribution in [-0.2, 0) is 0 Å². The van der Waals surface area contributed by atoms with Gasteiger partial charge in [0.25, 0.3) is 0 Å². The molecule has 1 aromatic heterocycles. The molecule has 5 N–H and O–H groups in total. The summed E-state index contributed by atoms with van der Waals surface area (Å²) in [5.74, 6) is 0.399. The summed E-state index contributed by atoms with van der Waals surface area (Å²) >= 11 is 3.34. The van der Waals surface area contributed by atoms with E-state index >= 15 is 0 Å². The van der Waals surface area contributed by atoms with Gasteiger partial charge in [0.2, 0.25) is 0 Å². The molecule has 5 heteroatoms. The maximum absolute atomic E-state index is 5.62. The maximum Gasteiger partial charge on any atom is 0.198 e. The largest absolute Gasteiger partial charge is 0.399 e. The molecule has 12 heavy (non-hydrogen) atoms. The lowest BCUT2D eigenvalue weighted by atomic mass is 10.3. The Morgan fingerprint density at radius 2 is 2.08 bits per heavy atom. The summed E-state index contributed by atoms with van der Waals surface area (Å²) < 4.78 is 0.852. The molecule has 62 valence electrons. The van der Waals surface area contributed by atoms with Crippen molar-refractivity contribution in [3.05, 3.63) is 16.6 Å². The second-order valence-corrected chi connectivity index (χ2v) is 3.38. The molecule has 0 bridgehead atoms. The second-order valence-electron chi connectivity index (χ2n) is 2.52. The van der Waals surface area contributed by atoms with Gasteiger partial charge in [-0.1, -0.05) is 0 Å². The van der Waals surface area contributed by atoms with E-state index in [0.29, 0.717) is 11.6 Å². The third kappa shape index (κ3) is 1.02. The topological polar surface area (TPSA) is 80.7 Å². The Kier molecular flexibility index (Phi) is 1.47. The molecule has 0 fully saturated rings. The van der Waals surface area contributed by atoms with Gasteiger partial charge in [0.1, 0.15) is 5.52 Å². The third-order valence-corrected chi connectivity index (χ3v) is 2.19. The van der Waals surface area contributed by atoms with E-state index in [1.54, 1.807) is 12.1 Å². The molecule has 0 unspecified atom stereocenters. The molecular weight excluding hydrogens is 220 g/mol. The van der Waals surface area contributed by atoms with Crippen molar-refractivity contribution in [1.82, 2.24) is 9.97 Å². The molecule has 0 radical (unpaired) electrons. The van der Waals surface area contributed by atoms with E-state index in [0.717, 1.165) is 15.5 Å². The van der Waals surface area contributed by atoms with E-state index in [1.807, 2.05) is 0 Å². The van der Waals surface area contributed by atoms with Gasteiger partial charge in [-0.3, -0.25) is 0 Å². The number of nitrogens with zero attached hydrogens (tertiary/aromatic N) is 1. The lowest BCUT2D eigenvalue weighted by Gasteiger charge is -1.94. The van der Waals surface area contributed by atoms with E-state index in [9.17, 15) is 0 Å². The number of hydrogen-bond donors (Lipinski definition) is 3. The summed E-state index contributed by atoms with van der Waals surface area (Å²) in [6, 6.07) is 3.59. The first-order valence-electron chi connectivity index (χ1n) is 3.37. The van der Waals surface area contributed by atoms with Gasteiger partial charge in [0.05, 0.1) is 5.52 Å². The molecule has 0 saturated heterocycles. The average molecular weight is 227 g/mol. The van der Waals surface area contributed by atoms with Crippen LogP contribution in [0.5, 0.6) is 0 Å². The number of nitrogens with two attached hydrogens (primary N) is 2. The minimum absolute atomic E-state index is 0.399. The molecule has 2 rings (SSSR count). The number of aromatic amines is 1. The van der Waals surface area contributed by atoms with Crippen LogP contribution in [0, 0.1) is 0 Å². The summed E-state index contributed by atoms with van der Waals surface area (Å²) in [5, 5.41) is 0. The van der Waals surface area contributed by atoms with Gasteiger partial charge >= 0.3 is 0 Å². The fourth-order valence-electron chi connectivity index (χ4n) is 1.12. The molecule has 0 atom stereocenters. The smallest absolute Gasteiger partial charge is 0.198 e. The molecule has 0 aliphatic rings. The summed E-state index contributed by atoms with van der Waals surface area (Å²) in [5.41, 5.74) is 13.4. The molecule has 0 saturated carbocycles. The predicted molar refractivity (Wildman–Crippen MR) is 52.6 cm³/mol. The first-order chi connectivity index (χ1) is 5.66. The summed E-state index contributed by atoms with van der Waals surface area (Å²) in [7, 11) is 0. The van der Waals surface area contributed by atoms with E-state index in [1.165, 1.54) is 0 Å². The highest BCUT2D eigenvalue weighted by Gasteiger charge is 2.04. The summed E-state index contributed by atoms with van der Waals surface area (Å²) in [4.78, 5) is 6.97. The minimum Gasteiger partial charge on any atom is -0.399 e. The number of H-pyrrole nitrogens is 1. The van der Waals surface area contributed by atoms with Gasteiger partial charge in [-0.2, -0.15) is 0 Å². The standard InChI is InChI=1S/C7H7BrN4/c8-4-1-3(9)2-5-6(4)12-7(10)11-5/h1-2H,9H2,(H3,10,11,12). The molecule has 1 heterocycles. The summed E-state index contributed by atoms with van der Waals surface area (Å²) in [6.45, 7) is 0. The van der Waals surface area contributed by atoms with Crippen LogP contribution < -0.4 is 11.5 Å². The summed E-state index contributed by atoms with van der Waals surface area (Å²) in [6.07, 6.45) is 0. The Hall–Kier alpha value is -1.23. The predicted octanol–water partition coefficient (Wildman–Crippen LogP) is 1.49. The van der Waals surface area contributed by atoms with Gasteiger partial charge in [0, 0.05) is 10.2 Å². The van der Waals surface area contributed by atoms with Crippen LogP contribution in [0.1, 0.15) is 0 Å². The van der Waals surface area contributed by atoms with E-state index < -0.39 is 0 Å². The number of nitrogen functional groups attached to an aromatic ring is 2. The Labute approximate surface area is 77.1 Å². The fraction of sp³-hybridized carbons (Fsp3) is 0. The molecule has 0 amide bonds. The lowest BCUT2D eigenvalue weighted by molar-refractivity contribution is 1.35. The zero-order valence-corrected chi connectivity index (χ0v) is 7.72. The van der Waals surface area contributed by atoms with Crippen LogP contribution in [0.4, 0.5) is 11.6 Å². The highest BCUT2D eigenvalue weighted by Crippen LogP contribution is 2.25. The van der Waals surface area contributed by atoms with Gasteiger partial charge in [-0.05, 0) is 28.1 Å². The molecule has 0 aliphatic heterocycles. The zero-order valence-electron chi connectivity index (χ0n) is 6.13. The first-order valence-corrected chi connectivity index (χ1v) is 4.16. The monoisotopic (exact) mass is 226 g/mol. The van der Waals surface area contributed by atoms with Gasteiger partial charge in [-0.15, -0.1) is 0 Å². The average Bonchev–Trinajstić information content (AvgIpc) is 2.29. The van der Waals surface area contributed by atoms with Crippen molar-refractivity contribution in [2.75, 3.05) is 11.5 Å². The number of rotatable bonds is 0. The molecule has 0 spiro atoms. The SMILES string of the molecule is Nc1cc(Br)c2nc(N)[nH]c2c1. The Bertz CT molecular complexity index is 434. The van der Waals surface area contributed by atoms with Crippen LogP contribution in [0.3, 0.4) is 0 Å². The highest BCUT2D eigenvalue weighted by molar-refractivity contribution is 9.10. The molecule has 2 aromatic rings. The Morgan fingerprint density at radius 3 is 2.83 bits per heavy atom. The van der Waals surface area contributed by atoms with E-state index in [4.69, 9.17) is 11.5 Å². The van der Waals surface area contributed by atoms with Gasteiger partial charge < -0.3 is 16.5 Å². The Balaban J connectivity index is 2.88. The van der Waals surface area contributed by atoms with Crippen LogP contribution >= 0.6 is 15.9 Å². The number of hydrogen-bond acceptors (Lipinski definition) is 3. The fourth-order valence-corrected chi connectivity index (χ4v) is 1.68. The van der Waals surface area contributed by atoms with Crippen LogP contribution in [0.2, 0.25) is 0 Å². The van der Waals surface area contributed by atoms with E-state index in [-0.39, 0.29) is 0 Å². The number of aromatic nitrogens is 2. The normalized spacial score (nSPS) is 10.8. The quantitative estimate of drug-likeness (QED) is 0.596. The van der Waals surface area contributed by atoms with Crippen molar-refractivity contribution in [2.45, 2.75) is 0 Å². The highest BCUT2D eigenvalue weighted by atomic mass is 79.9. The molecule has 1 aromatic carbocycles. The number of nitrogens with one attached hydrogen (secondary N) is 1. The van der Waals surface area contributed by atoms with Crippen molar-refractivity contribution >= 4 is 38.6 Å². The van der Waals surface area contributed by atoms with E-state index in [2.05, 4.69) is 25.9 Å². The molecular formula is C7H7BrN4. The second kappa shape index (κ2) is 2.38. The zero-order chi connectivity index (χ0) is 8.72. The minimum atomic E-state index is 0.399. The van der Waals surface area contributed by atoms with Crippen LogP contribution in [0.15, 0.2) is 16.6 Å². The van der Waals surface area contributed by atoms with Gasteiger partial charge in [-0.25, -0.2) is 4.98 Å². The molecule has 4 nitrogen and oxygen atoms in total. The number of halogens is 1. The third-order valence-electron chi connectivity index (χ3n) is 1.58.